The molecule has 21 heavy (non-hydrogen) atoms. The first-order valence-corrected chi connectivity index (χ1v) is 8.43. The van der Waals surface area contributed by atoms with Gasteiger partial charge in [0.05, 0.1) is 6.10 Å². The van der Waals surface area contributed by atoms with E-state index in [4.69, 9.17) is 9.26 Å². The molecule has 2 aliphatic rings. The quantitative estimate of drug-likeness (QED) is 0.835. The van der Waals surface area contributed by atoms with E-state index in [1.807, 2.05) is 6.92 Å². The summed E-state index contributed by atoms with van der Waals surface area (Å²) in [6.45, 7) is 5.84. The minimum Gasteiger partial charge on any atom is -0.369 e. The van der Waals surface area contributed by atoms with Gasteiger partial charge in [0.1, 0.15) is 6.61 Å². The van der Waals surface area contributed by atoms with Crippen LogP contribution in [0.2, 0.25) is 0 Å². The van der Waals surface area contributed by atoms with Crippen molar-refractivity contribution in [1.29, 1.82) is 0 Å². The average Bonchev–Trinajstić information content (AvgIpc) is 2.92. The number of piperidine rings is 1. The Morgan fingerprint density at radius 1 is 1.19 bits per heavy atom. The van der Waals surface area contributed by atoms with Gasteiger partial charge in [-0.15, -0.1) is 0 Å². The van der Waals surface area contributed by atoms with Crippen LogP contribution in [0.15, 0.2) is 4.52 Å². The highest BCUT2D eigenvalue weighted by Crippen LogP contribution is 2.26. The lowest BCUT2D eigenvalue weighted by Crippen LogP contribution is -2.42. The zero-order chi connectivity index (χ0) is 14.5. The molecule has 1 aliphatic carbocycles. The molecule has 0 radical (unpaired) electrons. The number of rotatable bonds is 5. The van der Waals surface area contributed by atoms with Crippen molar-refractivity contribution in [2.24, 2.45) is 5.92 Å². The Labute approximate surface area is 127 Å². The van der Waals surface area contributed by atoms with Crippen LogP contribution in [0.3, 0.4) is 0 Å². The first-order chi connectivity index (χ1) is 10.3. The summed E-state index contributed by atoms with van der Waals surface area (Å²) in [4.78, 5) is 6.79. The number of hydrogen-bond donors (Lipinski definition) is 0. The third-order valence-electron chi connectivity index (χ3n) is 4.72. The predicted octanol–water partition coefficient (Wildman–Crippen LogP) is 2.94. The molecule has 1 aliphatic heterocycles. The minimum atomic E-state index is 0.321. The van der Waals surface area contributed by atoms with E-state index in [1.54, 1.807) is 0 Å². The maximum Gasteiger partial charge on any atom is 0.223 e. The van der Waals surface area contributed by atoms with E-state index in [9.17, 15) is 0 Å². The molecule has 0 aromatic carbocycles. The monoisotopic (exact) mass is 293 g/mol. The highest BCUT2D eigenvalue weighted by atomic mass is 16.5. The molecule has 1 unspecified atom stereocenters. The molecule has 0 amide bonds. The standard InChI is InChI=1S/C16H27N3O2/c1-13-17-16(18-21-13)12-20-15-8-5-9-19(11-15)10-14-6-3-2-4-7-14/h14-15H,2-12H2,1H3. The Bertz CT molecular complexity index is 429. The van der Waals surface area contributed by atoms with Gasteiger partial charge in [0.15, 0.2) is 5.82 Å². The summed E-state index contributed by atoms with van der Waals surface area (Å²) >= 11 is 0. The number of nitrogens with zero attached hydrogens (tertiary/aromatic N) is 3. The summed E-state index contributed by atoms with van der Waals surface area (Å²) in [5.74, 6) is 2.19. The molecule has 0 spiro atoms. The van der Waals surface area contributed by atoms with E-state index in [0.717, 1.165) is 18.9 Å². The van der Waals surface area contributed by atoms with E-state index >= 15 is 0 Å². The van der Waals surface area contributed by atoms with Crippen LogP contribution < -0.4 is 0 Å². The summed E-state index contributed by atoms with van der Waals surface area (Å²) in [6, 6.07) is 0. The molecule has 1 aromatic rings. The third-order valence-corrected chi connectivity index (χ3v) is 4.72. The first-order valence-electron chi connectivity index (χ1n) is 8.43. The van der Waals surface area contributed by atoms with Gasteiger partial charge in [0, 0.05) is 20.0 Å². The molecule has 3 rings (SSSR count). The lowest BCUT2D eigenvalue weighted by molar-refractivity contribution is -0.0175. The number of hydrogen-bond acceptors (Lipinski definition) is 5. The van der Waals surface area contributed by atoms with Gasteiger partial charge in [-0.05, 0) is 38.1 Å². The SMILES string of the molecule is Cc1nc(COC2CCCN(CC3CCCCC3)C2)no1. The van der Waals surface area contributed by atoms with Crippen molar-refractivity contribution in [3.05, 3.63) is 11.7 Å². The van der Waals surface area contributed by atoms with E-state index in [1.165, 1.54) is 51.6 Å². The van der Waals surface area contributed by atoms with Crippen LogP contribution in [0, 0.1) is 12.8 Å². The molecule has 5 nitrogen and oxygen atoms in total. The Kier molecular flexibility index (Phi) is 5.25. The van der Waals surface area contributed by atoms with Crippen LogP contribution in [-0.2, 0) is 11.3 Å². The topological polar surface area (TPSA) is 51.4 Å². The van der Waals surface area contributed by atoms with E-state index in [2.05, 4.69) is 15.0 Å². The van der Waals surface area contributed by atoms with Crippen molar-refractivity contribution in [3.63, 3.8) is 0 Å². The molecule has 1 saturated carbocycles. The summed E-state index contributed by atoms with van der Waals surface area (Å²) < 4.78 is 10.9. The fourth-order valence-electron chi connectivity index (χ4n) is 3.64. The molecule has 0 bridgehead atoms. The second kappa shape index (κ2) is 7.36. The molecule has 5 heteroatoms. The Morgan fingerprint density at radius 3 is 2.81 bits per heavy atom. The van der Waals surface area contributed by atoms with E-state index in [-0.39, 0.29) is 0 Å². The number of ether oxygens (including phenoxy) is 1. The normalized spacial score (nSPS) is 25.3. The van der Waals surface area contributed by atoms with Crippen molar-refractivity contribution in [2.75, 3.05) is 19.6 Å². The van der Waals surface area contributed by atoms with Gasteiger partial charge in [-0.25, -0.2) is 0 Å². The highest BCUT2D eigenvalue weighted by molar-refractivity contribution is 4.82. The molecule has 1 saturated heterocycles. The smallest absolute Gasteiger partial charge is 0.223 e. The molecule has 1 atom stereocenters. The summed E-state index contributed by atoms with van der Waals surface area (Å²) in [5, 5.41) is 3.89. The minimum absolute atomic E-state index is 0.321. The van der Waals surface area contributed by atoms with Crippen molar-refractivity contribution in [1.82, 2.24) is 15.0 Å². The fourth-order valence-corrected chi connectivity index (χ4v) is 3.64. The Morgan fingerprint density at radius 2 is 2.05 bits per heavy atom. The largest absolute Gasteiger partial charge is 0.369 e. The van der Waals surface area contributed by atoms with Gasteiger partial charge < -0.3 is 14.2 Å². The van der Waals surface area contributed by atoms with Crippen LogP contribution in [0.25, 0.3) is 0 Å². The van der Waals surface area contributed by atoms with Crippen LogP contribution >= 0.6 is 0 Å². The van der Waals surface area contributed by atoms with Crippen LogP contribution in [0.1, 0.15) is 56.7 Å². The van der Waals surface area contributed by atoms with Gasteiger partial charge in [-0.2, -0.15) is 4.98 Å². The second-order valence-corrected chi connectivity index (χ2v) is 6.57. The van der Waals surface area contributed by atoms with Crippen LogP contribution in [0.5, 0.6) is 0 Å². The first kappa shape index (κ1) is 15.0. The van der Waals surface area contributed by atoms with Crippen LogP contribution in [-0.4, -0.2) is 40.8 Å². The average molecular weight is 293 g/mol. The number of likely N-dealkylation sites (tertiary alicyclic amines) is 1. The Hall–Kier alpha value is -0.940. The van der Waals surface area contributed by atoms with Crippen molar-refractivity contribution >= 4 is 0 Å². The van der Waals surface area contributed by atoms with E-state index in [0.29, 0.717) is 24.4 Å². The van der Waals surface area contributed by atoms with Gasteiger partial charge in [0.2, 0.25) is 5.89 Å². The van der Waals surface area contributed by atoms with Gasteiger partial charge in [-0.3, -0.25) is 0 Å². The van der Waals surface area contributed by atoms with Crippen molar-refractivity contribution in [3.8, 4) is 0 Å². The molecular weight excluding hydrogens is 266 g/mol. The lowest BCUT2D eigenvalue weighted by Gasteiger charge is -2.35. The summed E-state index contributed by atoms with van der Waals surface area (Å²) in [6.07, 6.45) is 9.84. The number of aromatic nitrogens is 2. The van der Waals surface area contributed by atoms with E-state index < -0.39 is 0 Å². The summed E-state index contributed by atoms with van der Waals surface area (Å²) in [5.41, 5.74) is 0. The summed E-state index contributed by atoms with van der Waals surface area (Å²) in [7, 11) is 0. The number of aryl methyl sites for hydroxylation is 1. The molecule has 118 valence electrons. The zero-order valence-corrected chi connectivity index (χ0v) is 13.1. The molecule has 0 N–H and O–H groups in total. The van der Waals surface area contributed by atoms with Crippen molar-refractivity contribution in [2.45, 2.75) is 64.6 Å². The van der Waals surface area contributed by atoms with Gasteiger partial charge >= 0.3 is 0 Å². The maximum atomic E-state index is 5.98. The fraction of sp³-hybridized carbons (Fsp3) is 0.875. The highest BCUT2D eigenvalue weighted by Gasteiger charge is 2.24. The van der Waals surface area contributed by atoms with Crippen molar-refractivity contribution < 1.29 is 9.26 Å². The zero-order valence-electron chi connectivity index (χ0n) is 13.1. The molecule has 2 fully saturated rings. The maximum absolute atomic E-state index is 5.98. The Balaban J connectivity index is 1.42. The van der Waals surface area contributed by atoms with Crippen LogP contribution in [0.4, 0.5) is 0 Å². The molecular formula is C16H27N3O2. The predicted molar refractivity (Wildman–Crippen MR) is 79.9 cm³/mol. The third kappa shape index (κ3) is 4.51. The molecule has 2 heterocycles. The van der Waals surface area contributed by atoms with Gasteiger partial charge in [-0.1, -0.05) is 24.4 Å². The second-order valence-electron chi connectivity index (χ2n) is 6.57. The lowest BCUT2D eigenvalue weighted by atomic mass is 9.88. The van der Waals surface area contributed by atoms with Gasteiger partial charge in [0.25, 0.3) is 0 Å². The molecule has 1 aromatic heterocycles.